The van der Waals surface area contributed by atoms with Gasteiger partial charge in [-0.25, -0.2) is 4.98 Å². The average Bonchev–Trinajstić information content (AvgIpc) is 2.48. The van der Waals surface area contributed by atoms with E-state index in [1.165, 1.54) is 11.1 Å². The van der Waals surface area contributed by atoms with Crippen LogP contribution < -0.4 is 11.1 Å². The highest BCUT2D eigenvalue weighted by molar-refractivity contribution is 5.94. The number of carbonyl (C=O) groups is 1. The summed E-state index contributed by atoms with van der Waals surface area (Å²) in [6.45, 7) is 4.67. The molecule has 0 unspecified atom stereocenters. The maximum atomic E-state index is 12.1. The Morgan fingerprint density at radius 2 is 2.05 bits per heavy atom. The van der Waals surface area contributed by atoms with Crippen molar-refractivity contribution in [1.82, 2.24) is 10.3 Å². The Balaban J connectivity index is 1.96. The molecule has 0 spiro atoms. The average molecular weight is 283 g/mol. The van der Waals surface area contributed by atoms with Crippen molar-refractivity contribution in [3.05, 3.63) is 58.8 Å². The van der Waals surface area contributed by atoms with Crippen LogP contribution in [0, 0.1) is 6.92 Å². The molecule has 0 saturated carbocycles. The summed E-state index contributed by atoms with van der Waals surface area (Å²) in [4.78, 5) is 16.3. The van der Waals surface area contributed by atoms with E-state index >= 15 is 0 Å². The van der Waals surface area contributed by atoms with E-state index in [1.54, 1.807) is 12.1 Å². The van der Waals surface area contributed by atoms with Gasteiger partial charge in [0.05, 0.1) is 0 Å². The Hall–Kier alpha value is -2.36. The molecular formula is C17H21N3O. The number of pyridine rings is 1. The SMILES string of the molecule is CCc1cc(C(=O)NCCc2ccccc2C)cc(N)n1. The van der Waals surface area contributed by atoms with Crippen molar-refractivity contribution >= 4 is 11.7 Å². The standard InChI is InChI=1S/C17H21N3O/c1-3-15-10-14(11-16(18)20-15)17(21)19-9-8-13-7-5-4-6-12(13)2/h4-7,10-11H,3,8-9H2,1-2H3,(H2,18,20)(H,19,21). The second-order valence-corrected chi connectivity index (χ2v) is 5.06. The zero-order valence-electron chi connectivity index (χ0n) is 12.5. The van der Waals surface area contributed by atoms with Crippen LogP contribution >= 0.6 is 0 Å². The molecule has 0 fully saturated rings. The van der Waals surface area contributed by atoms with Gasteiger partial charge in [0.25, 0.3) is 5.91 Å². The van der Waals surface area contributed by atoms with Gasteiger partial charge in [0.2, 0.25) is 0 Å². The minimum atomic E-state index is -0.104. The Morgan fingerprint density at radius 3 is 2.76 bits per heavy atom. The molecular weight excluding hydrogens is 262 g/mol. The van der Waals surface area contributed by atoms with E-state index < -0.39 is 0 Å². The number of amides is 1. The van der Waals surface area contributed by atoms with E-state index in [2.05, 4.69) is 29.4 Å². The number of anilines is 1. The number of aromatic nitrogens is 1. The van der Waals surface area contributed by atoms with Crippen molar-refractivity contribution in [1.29, 1.82) is 0 Å². The van der Waals surface area contributed by atoms with Crippen LogP contribution in [0.3, 0.4) is 0 Å². The molecule has 4 heteroatoms. The molecule has 2 rings (SSSR count). The van der Waals surface area contributed by atoms with Crippen LogP contribution in [0.15, 0.2) is 36.4 Å². The van der Waals surface area contributed by atoms with Crippen molar-refractivity contribution < 1.29 is 4.79 Å². The van der Waals surface area contributed by atoms with Crippen molar-refractivity contribution in [3.63, 3.8) is 0 Å². The van der Waals surface area contributed by atoms with E-state index in [0.717, 1.165) is 18.5 Å². The number of benzene rings is 1. The third-order valence-electron chi connectivity index (χ3n) is 3.46. The third kappa shape index (κ3) is 4.05. The van der Waals surface area contributed by atoms with E-state index in [-0.39, 0.29) is 5.91 Å². The molecule has 3 N–H and O–H groups in total. The maximum absolute atomic E-state index is 12.1. The van der Waals surface area contributed by atoms with Crippen molar-refractivity contribution in [2.75, 3.05) is 12.3 Å². The van der Waals surface area contributed by atoms with Gasteiger partial charge < -0.3 is 11.1 Å². The smallest absolute Gasteiger partial charge is 0.251 e. The lowest BCUT2D eigenvalue weighted by atomic mass is 10.1. The molecule has 0 aliphatic rings. The molecule has 0 bridgehead atoms. The van der Waals surface area contributed by atoms with Crippen LogP contribution in [0.4, 0.5) is 5.82 Å². The minimum absolute atomic E-state index is 0.104. The predicted octanol–water partition coefficient (Wildman–Crippen LogP) is 2.51. The number of nitrogen functional groups attached to an aromatic ring is 1. The Bertz CT molecular complexity index is 638. The summed E-state index contributed by atoms with van der Waals surface area (Å²) in [5.74, 6) is 0.283. The molecule has 1 heterocycles. The van der Waals surface area contributed by atoms with E-state index in [4.69, 9.17) is 5.73 Å². The summed E-state index contributed by atoms with van der Waals surface area (Å²) in [5.41, 5.74) is 9.62. The first kappa shape index (κ1) is 15.0. The zero-order chi connectivity index (χ0) is 15.2. The van der Waals surface area contributed by atoms with Gasteiger partial charge in [0.1, 0.15) is 5.82 Å². The van der Waals surface area contributed by atoms with Crippen LogP contribution in [0.5, 0.6) is 0 Å². The normalized spacial score (nSPS) is 10.4. The van der Waals surface area contributed by atoms with Gasteiger partial charge in [-0.15, -0.1) is 0 Å². The number of nitrogens with one attached hydrogen (secondary N) is 1. The fourth-order valence-electron chi connectivity index (χ4n) is 2.23. The van der Waals surface area contributed by atoms with Crippen LogP contribution in [0.25, 0.3) is 0 Å². The molecule has 0 saturated heterocycles. The summed E-state index contributed by atoms with van der Waals surface area (Å²) in [5, 5.41) is 2.93. The second-order valence-electron chi connectivity index (χ2n) is 5.06. The number of aryl methyl sites for hydroxylation is 2. The summed E-state index contributed by atoms with van der Waals surface area (Å²) < 4.78 is 0. The van der Waals surface area contributed by atoms with Crippen LogP contribution in [0.2, 0.25) is 0 Å². The number of hydrogen-bond donors (Lipinski definition) is 2. The fraction of sp³-hybridized carbons (Fsp3) is 0.294. The lowest BCUT2D eigenvalue weighted by Crippen LogP contribution is -2.26. The molecule has 4 nitrogen and oxygen atoms in total. The molecule has 0 atom stereocenters. The number of rotatable bonds is 5. The maximum Gasteiger partial charge on any atom is 0.251 e. The van der Waals surface area contributed by atoms with E-state index in [9.17, 15) is 4.79 Å². The first-order chi connectivity index (χ1) is 10.1. The third-order valence-corrected chi connectivity index (χ3v) is 3.46. The van der Waals surface area contributed by atoms with Crippen molar-refractivity contribution in [2.45, 2.75) is 26.7 Å². The molecule has 0 aliphatic heterocycles. The monoisotopic (exact) mass is 283 g/mol. The van der Waals surface area contributed by atoms with Gasteiger partial charge in [0, 0.05) is 17.8 Å². The summed E-state index contributed by atoms with van der Waals surface area (Å²) in [7, 11) is 0. The van der Waals surface area contributed by atoms with Gasteiger partial charge in [0.15, 0.2) is 0 Å². The van der Waals surface area contributed by atoms with E-state index in [1.807, 2.05) is 19.1 Å². The summed E-state index contributed by atoms with van der Waals surface area (Å²) in [6, 6.07) is 11.6. The zero-order valence-corrected chi connectivity index (χ0v) is 12.5. The molecule has 0 aliphatic carbocycles. The number of hydrogen-bond acceptors (Lipinski definition) is 3. The lowest BCUT2D eigenvalue weighted by molar-refractivity contribution is 0.0954. The van der Waals surface area contributed by atoms with Gasteiger partial charge in [-0.3, -0.25) is 4.79 Å². The molecule has 2 aromatic rings. The quantitative estimate of drug-likeness (QED) is 0.886. The Morgan fingerprint density at radius 1 is 1.29 bits per heavy atom. The number of nitrogens with zero attached hydrogens (tertiary/aromatic N) is 1. The molecule has 1 aromatic carbocycles. The molecule has 1 amide bonds. The van der Waals surface area contributed by atoms with Gasteiger partial charge >= 0.3 is 0 Å². The van der Waals surface area contributed by atoms with Crippen molar-refractivity contribution in [2.24, 2.45) is 0 Å². The van der Waals surface area contributed by atoms with Gasteiger partial charge in [-0.2, -0.15) is 0 Å². The second kappa shape index (κ2) is 6.88. The van der Waals surface area contributed by atoms with Crippen LogP contribution in [-0.2, 0) is 12.8 Å². The van der Waals surface area contributed by atoms with Gasteiger partial charge in [-0.1, -0.05) is 31.2 Å². The summed E-state index contributed by atoms with van der Waals surface area (Å²) >= 11 is 0. The van der Waals surface area contributed by atoms with Crippen LogP contribution in [-0.4, -0.2) is 17.4 Å². The molecule has 0 radical (unpaired) electrons. The molecule has 21 heavy (non-hydrogen) atoms. The number of nitrogens with two attached hydrogens (primary N) is 1. The number of carbonyl (C=O) groups excluding carboxylic acids is 1. The minimum Gasteiger partial charge on any atom is -0.384 e. The van der Waals surface area contributed by atoms with Gasteiger partial charge in [-0.05, 0) is 43.0 Å². The topological polar surface area (TPSA) is 68.0 Å². The molecule has 110 valence electrons. The molecule has 1 aromatic heterocycles. The van der Waals surface area contributed by atoms with E-state index in [0.29, 0.717) is 17.9 Å². The first-order valence-electron chi connectivity index (χ1n) is 7.19. The Kier molecular flexibility index (Phi) is 4.93. The fourth-order valence-corrected chi connectivity index (χ4v) is 2.23. The summed E-state index contributed by atoms with van der Waals surface area (Å²) in [6.07, 6.45) is 1.58. The highest BCUT2D eigenvalue weighted by atomic mass is 16.1. The Labute approximate surface area is 125 Å². The van der Waals surface area contributed by atoms with Crippen LogP contribution in [0.1, 0.15) is 34.1 Å². The lowest BCUT2D eigenvalue weighted by Gasteiger charge is -2.09. The highest BCUT2D eigenvalue weighted by Gasteiger charge is 2.08. The van der Waals surface area contributed by atoms with Crippen molar-refractivity contribution in [3.8, 4) is 0 Å². The predicted molar refractivity (Wildman–Crippen MR) is 85.2 cm³/mol. The highest BCUT2D eigenvalue weighted by Crippen LogP contribution is 2.09. The first-order valence-corrected chi connectivity index (χ1v) is 7.19. The largest absolute Gasteiger partial charge is 0.384 e.